The molecule has 2 fully saturated rings. The molecule has 10 heteroatoms. The van der Waals surface area contributed by atoms with Crippen LogP contribution in [0.15, 0.2) is 54.6 Å². The van der Waals surface area contributed by atoms with Crippen LogP contribution in [-0.4, -0.2) is 46.6 Å². The lowest BCUT2D eigenvalue weighted by molar-refractivity contribution is -0.138. The van der Waals surface area contributed by atoms with E-state index in [2.05, 4.69) is 16.0 Å². The number of benzene rings is 2. The second kappa shape index (κ2) is 14.7. The van der Waals surface area contributed by atoms with Gasteiger partial charge in [-0.3, -0.25) is 14.4 Å². The third-order valence-corrected chi connectivity index (χ3v) is 8.60. The number of rotatable bonds is 12. The number of hydrogen-bond acceptors (Lipinski definition) is 5. The molecule has 1 saturated carbocycles. The van der Waals surface area contributed by atoms with Gasteiger partial charge in [-0.15, -0.1) is 0 Å². The number of halogens is 1. The molecule has 3 amide bonds. The highest BCUT2D eigenvalue weighted by molar-refractivity contribution is 6.30. The van der Waals surface area contributed by atoms with Crippen molar-refractivity contribution in [1.29, 1.82) is 0 Å². The summed E-state index contributed by atoms with van der Waals surface area (Å²) in [6.45, 7) is 3.72. The molecule has 0 spiro atoms. The topological polar surface area (TPSA) is 134 Å². The minimum Gasteiger partial charge on any atom is -0.481 e. The van der Waals surface area contributed by atoms with Gasteiger partial charge >= 0.3 is 12.1 Å². The summed E-state index contributed by atoms with van der Waals surface area (Å²) in [6, 6.07) is 14.8. The van der Waals surface area contributed by atoms with E-state index in [1.54, 1.807) is 6.07 Å². The van der Waals surface area contributed by atoms with E-state index in [1.807, 2.05) is 62.4 Å². The zero-order chi connectivity index (χ0) is 31.0. The number of carbonyl (C=O) groups is 4. The molecule has 4 N–H and O–H groups in total. The Balaban J connectivity index is 1.51. The third kappa shape index (κ3) is 9.71. The summed E-state index contributed by atoms with van der Waals surface area (Å²) < 4.78 is 5.93. The van der Waals surface area contributed by atoms with Crippen LogP contribution in [0.2, 0.25) is 5.02 Å². The molecule has 1 heterocycles. The standard InChI is InChI=1S/C33H42ClN3O6/c1-33(2)20-25(30(40)37-33)26(19-29(38)39)35-31(41)27(17-21-10-5-3-6-11-21)36-32(42)43-28(23-13-7-4-8-14-23)18-22-12-9-15-24(34)16-22/h4,7-9,12-16,21,25-28H,3,5-6,10-11,17-20H2,1-2H3,(H,35,41)(H,36,42)(H,37,40)(H,38,39)/t25?,26?,27-,28?/m0/s1. The van der Waals surface area contributed by atoms with E-state index in [0.717, 1.165) is 43.2 Å². The van der Waals surface area contributed by atoms with Gasteiger partial charge in [-0.25, -0.2) is 4.79 Å². The highest BCUT2D eigenvalue weighted by atomic mass is 35.5. The molecule has 1 aliphatic carbocycles. The van der Waals surface area contributed by atoms with Crippen molar-refractivity contribution < 1.29 is 29.0 Å². The number of ether oxygens (including phenoxy) is 1. The van der Waals surface area contributed by atoms with Crippen LogP contribution >= 0.6 is 11.6 Å². The molecule has 232 valence electrons. The zero-order valence-corrected chi connectivity index (χ0v) is 25.6. The molecule has 3 unspecified atom stereocenters. The quantitative estimate of drug-likeness (QED) is 0.248. The fourth-order valence-corrected chi connectivity index (χ4v) is 6.49. The number of alkyl carbamates (subject to hydrolysis) is 1. The van der Waals surface area contributed by atoms with Gasteiger partial charge in [-0.2, -0.15) is 0 Å². The van der Waals surface area contributed by atoms with Crippen molar-refractivity contribution in [2.75, 3.05) is 0 Å². The van der Waals surface area contributed by atoms with Gasteiger partial charge in [0.2, 0.25) is 11.8 Å². The number of carboxylic acid groups (broad SMARTS) is 1. The van der Waals surface area contributed by atoms with E-state index in [4.69, 9.17) is 16.3 Å². The smallest absolute Gasteiger partial charge is 0.408 e. The first-order chi connectivity index (χ1) is 20.5. The van der Waals surface area contributed by atoms with E-state index in [0.29, 0.717) is 24.3 Å². The van der Waals surface area contributed by atoms with Gasteiger partial charge in [-0.1, -0.05) is 86.2 Å². The van der Waals surface area contributed by atoms with E-state index in [-0.39, 0.29) is 11.8 Å². The van der Waals surface area contributed by atoms with Gasteiger partial charge in [0.15, 0.2) is 0 Å². The van der Waals surface area contributed by atoms with Crippen LogP contribution in [0.1, 0.15) is 82.4 Å². The van der Waals surface area contributed by atoms with Gasteiger partial charge in [0.25, 0.3) is 0 Å². The van der Waals surface area contributed by atoms with Gasteiger partial charge in [0, 0.05) is 17.0 Å². The molecule has 4 rings (SSSR count). The first-order valence-electron chi connectivity index (χ1n) is 15.1. The van der Waals surface area contributed by atoms with Crippen molar-refractivity contribution in [3.05, 3.63) is 70.7 Å². The number of carbonyl (C=O) groups excluding carboxylic acids is 3. The molecule has 2 aliphatic rings. The van der Waals surface area contributed by atoms with Crippen LogP contribution in [0.4, 0.5) is 4.79 Å². The summed E-state index contributed by atoms with van der Waals surface area (Å²) in [7, 11) is 0. The van der Waals surface area contributed by atoms with E-state index in [1.165, 1.54) is 0 Å². The summed E-state index contributed by atoms with van der Waals surface area (Å²) in [6.07, 6.45) is 4.50. The summed E-state index contributed by atoms with van der Waals surface area (Å²) in [5.41, 5.74) is 1.17. The molecule has 0 bridgehead atoms. The minimum absolute atomic E-state index is 0.229. The normalized spacial score (nSPS) is 20.3. The Bertz CT molecular complexity index is 1280. The lowest BCUT2D eigenvalue weighted by Gasteiger charge is -2.29. The molecule has 43 heavy (non-hydrogen) atoms. The van der Waals surface area contributed by atoms with Gasteiger partial charge in [-0.05, 0) is 55.9 Å². The van der Waals surface area contributed by atoms with Crippen molar-refractivity contribution >= 4 is 35.5 Å². The fourth-order valence-electron chi connectivity index (χ4n) is 6.28. The van der Waals surface area contributed by atoms with Crippen LogP contribution in [0.3, 0.4) is 0 Å². The lowest BCUT2D eigenvalue weighted by Crippen LogP contribution is -2.53. The maximum atomic E-state index is 13.7. The number of aliphatic carboxylic acids is 1. The maximum absolute atomic E-state index is 13.7. The average molecular weight is 612 g/mol. The van der Waals surface area contributed by atoms with Crippen LogP contribution < -0.4 is 16.0 Å². The van der Waals surface area contributed by atoms with E-state index in [9.17, 15) is 24.3 Å². The maximum Gasteiger partial charge on any atom is 0.408 e. The molecule has 1 saturated heterocycles. The summed E-state index contributed by atoms with van der Waals surface area (Å²) >= 11 is 6.19. The second-order valence-corrected chi connectivity index (χ2v) is 12.9. The Morgan fingerprint density at radius 2 is 1.77 bits per heavy atom. The predicted molar refractivity (Wildman–Crippen MR) is 163 cm³/mol. The number of amides is 3. The molecule has 0 aromatic heterocycles. The second-order valence-electron chi connectivity index (χ2n) is 12.5. The fraction of sp³-hybridized carbons (Fsp3) is 0.515. The third-order valence-electron chi connectivity index (χ3n) is 8.37. The Hall–Kier alpha value is -3.59. The molecule has 0 radical (unpaired) electrons. The highest BCUT2D eigenvalue weighted by Gasteiger charge is 2.43. The molecule has 2 aromatic carbocycles. The number of nitrogens with one attached hydrogen (secondary N) is 3. The van der Waals surface area contributed by atoms with Crippen LogP contribution in [0.25, 0.3) is 0 Å². The molecule has 1 aliphatic heterocycles. The molecular weight excluding hydrogens is 570 g/mol. The minimum atomic E-state index is -1.12. The Morgan fingerprint density at radius 3 is 2.40 bits per heavy atom. The average Bonchev–Trinajstić information content (AvgIpc) is 3.24. The van der Waals surface area contributed by atoms with Crippen LogP contribution in [0, 0.1) is 11.8 Å². The largest absolute Gasteiger partial charge is 0.481 e. The van der Waals surface area contributed by atoms with Crippen LogP contribution in [-0.2, 0) is 25.5 Å². The Morgan fingerprint density at radius 1 is 1.05 bits per heavy atom. The molecular formula is C33H42ClN3O6. The van der Waals surface area contributed by atoms with Crippen LogP contribution in [0.5, 0.6) is 0 Å². The van der Waals surface area contributed by atoms with Gasteiger partial charge in [0.1, 0.15) is 12.1 Å². The monoisotopic (exact) mass is 611 g/mol. The van der Waals surface area contributed by atoms with Crippen molar-refractivity contribution in [3.8, 4) is 0 Å². The van der Waals surface area contributed by atoms with Crippen molar-refractivity contribution in [2.24, 2.45) is 11.8 Å². The van der Waals surface area contributed by atoms with E-state index < -0.39 is 54.0 Å². The number of hydrogen-bond donors (Lipinski definition) is 4. The van der Waals surface area contributed by atoms with Gasteiger partial charge in [0.05, 0.1) is 18.4 Å². The summed E-state index contributed by atoms with van der Waals surface area (Å²) in [5, 5.41) is 18.6. The Labute approximate surface area is 258 Å². The van der Waals surface area contributed by atoms with E-state index >= 15 is 0 Å². The van der Waals surface area contributed by atoms with Crippen molar-refractivity contribution in [2.45, 2.75) is 95.4 Å². The number of carboxylic acids is 1. The summed E-state index contributed by atoms with van der Waals surface area (Å²) in [5.74, 6) is -2.40. The first-order valence-corrected chi connectivity index (χ1v) is 15.5. The lowest BCUT2D eigenvalue weighted by atomic mass is 9.84. The van der Waals surface area contributed by atoms with Crippen molar-refractivity contribution in [1.82, 2.24) is 16.0 Å². The SMILES string of the molecule is CC1(C)CC(C(CC(=O)O)NC(=O)[C@H](CC2CCCCC2)NC(=O)OC(Cc2cccc(Cl)c2)c2ccccc2)C(=O)N1. The highest BCUT2D eigenvalue weighted by Crippen LogP contribution is 2.30. The zero-order valence-electron chi connectivity index (χ0n) is 24.8. The summed E-state index contributed by atoms with van der Waals surface area (Å²) in [4.78, 5) is 51.6. The van der Waals surface area contributed by atoms with Crippen molar-refractivity contribution in [3.63, 3.8) is 0 Å². The Kier molecular flexibility index (Phi) is 11.1. The van der Waals surface area contributed by atoms with Gasteiger partial charge < -0.3 is 25.8 Å². The first kappa shape index (κ1) is 32.3. The molecule has 2 aromatic rings. The molecule has 4 atom stereocenters. The predicted octanol–water partition coefficient (Wildman–Crippen LogP) is 5.56. The molecule has 9 nitrogen and oxygen atoms in total.